The largest absolute Gasteiger partial charge is 0.459 e. The number of rotatable bonds is 7. The summed E-state index contributed by atoms with van der Waals surface area (Å²) in [5.41, 5.74) is 4.04. The molecule has 2 heterocycles. The second-order valence-corrected chi connectivity index (χ2v) is 7.68. The van der Waals surface area contributed by atoms with Gasteiger partial charge in [-0.2, -0.15) is 0 Å². The molecule has 2 aromatic heterocycles. The van der Waals surface area contributed by atoms with Crippen molar-refractivity contribution in [3.05, 3.63) is 118 Å². The maximum Gasteiger partial charge on any atom is 0.306 e. The number of esters is 1. The Balaban J connectivity index is 1.46. The molecule has 0 bridgehead atoms. The zero-order valence-electron chi connectivity index (χ0n) is 17.4. The molecule has 156 valence electrons. The molecule has 31 heavy (non-hydrogen) atoms. The molecule has 0 radical (unpaired) electrons. The lowest BCUT2D eigenvalue weighted by Gasteiger charge is -2.17. The number of hydrogen-bond donors (Lipinski definition) is 0. The van der Waals surface area contributed by atoms with Crippen molar-refractivity contribution in [3.8, 4) is 0 Å². The predicted molar refractivity (Wildman–Crippen MR) is 120 cm³/mol. The van der Waals surface area contributed by atoms with E-state index in [-0.39, 0.29) is 30.5 Å². The molecular formula is C26H24N2O3. The summed E-state index contributed by atoms with van der Waals surface area (Å²) in [6.07, 6.45) is 2.74. The van der Waals surface area contributed by atoms with E-state index in [1.807, 2.05) is 61.5 Å². The first-order valence-electron chi connectivity index (χ1n) is 10.3. The Morgan fingerprint density at radius 2 is 1.71 bits per heavy atom. The number of hydrogen-bond acceptors (Lipinski definition) is 4. The van der Waals surface area contributed by atoms with Gasteiger partial charge in [0.15, 0.2) is 0 Å². The van der Waals surface area contributed by atoms with Crippen LogP contribution in [0.2, 0.25) is 0 Å². The first kappa shape index (κ1) is 20.5. The van der Waals surface area contributed by atoms with Crippen molar-refractivity contribution in [1.29, 1.82) is 0 Å². The fourth-order valence-corrected chi connectivity index (χ4v) is 3.68. The van der Waals surface area contributed by atoms with E-state index in [0.717, 1.165) is 17.5 Å². The lowest BCUT2D eigenvalue weighted by atomic mass is 9.89. The molecule has 0 aliphatic rings. The van der Waals surface area contributed by atoms with E-state index in [4.69, 9.17) is 4.74 Å². The van der Waals surface area contributed by atoms with Crippen molar-refractivity contribution in [2.45, 2.75) is 32.3 Å². The number of ether oxygens (including phenoxy) is 1. The Morgan fingerprint density at radius 3 is 2.45 bits per heavy atom. The fraction of sp³-hybridized carbons (Fsp3) is 0.192. The molecule has 0 saturated carbocycles. The SMILES string of the molecule is Cc1ccc2nc(COC(=O)CC(Cc3ccccc3)c3ccccc3)cc(=O)n2c1. The van der Waals surface area contributed by atoms with Crippen LogP contribution < -0.4 is 5.56 Å². The monoisotopic (exact) mass is 412 g/mol. The minimum Gasteiger partial charge on any atom is -0.459 e. The quantitative estimate of drug-likeness (QED) is 0.421. The summed E-state index contributed by atoms with van der Waals surface area (Å²) in [5, 5.41) is 0. The highest BCUT2D eigenvalue weighted by Crippen LogP contribution is 2.25. The van der Waals surface area contributed by atoms with Gasteiger partial charge in [-0.3, -0.25) is 14.0 Å². The highest BCUT2D eigenvalue weighted by atomic mass is 16.5. The number of pyridine rings is 1. The van der Waals surface area contributed by atoms with E-state index in [1.165, 1.54) is 16.0 Å². The molecule has 0 aliphatic carbocycles. The molecule has 1 atom stereocenters. The lowest BCUT2D eigenvalue weighted by Crippen LogP contribution is -2.17. The van der Waals surface area contributed by atoms with Gasteiger partial charge < -0.3 is 4.74 Å². The van der Waals surface area contributed by atoms with Crippen molar-refractivity contribution in [2.75, 3.05) is 0 Å². The molecule has 1 unspecified atom stereocenters. The number of benzene rings is 2. The van der Waals surface area contributed by atoms with E-state index in [1.54, 1.807) is 12.3 Å². The molecule has 5 heteroatoms. The van der Waals surface area contributed by atoms with Crippen molar-refractivity contribution < 1.29 is 9.53 Å². The summed E-state index contributed by atoms with van der Waals surface area (Å²) in [4.78, 5) is 29.4. The number of carbonyl (C=O) groups is 1. The lowest BCUT2D eigenvalue weighted by molar-refractivity contribution is -0.145. The van der Waals surface area contributed by atoms with Crippen LogP contribution in [0.15, 0.2) is 89.9 Å². The van der Waals surface area contributed by atoms with Crippen LogP contribution in [-0.2, 0) is 22.6 Å². The Kier molecular flexibility index (Phi) is 6.22. The minimum atomic E-state index is -0.310. The standard InChI is InChI=1S/C26H24N2O3/c1-19-12-13-24-27-23(16-25(29)28(24)17-19)18-31-26(30)15-22(21-10-6-3-7-11-21)14-20-8-4-2-5-9-20/h2-13,16-17,22H,14-15,18H2,1H3. The Labute approximate surface area is 181 Å². The molecule has 0 saturated heterocycles. The average molecular weight is 412 g/mol. The van der Waals surface area contributed by atoms with Gasteiger partial charge in [0, 0.05) is 12.3 Å². The van der Waals surface area contributed by atoms with Crippen LogP contribution >= 0.6 is 0 Å². The molecule has 0 aliphatic heterocycles. The third kappa shape index (κ3) is 5.25. The Bertz CT molecular complexity index is 1230. The van der Waals surface area contributed by atoms with Crippen LogP contribution in [0.4, 0.5) is 0 Å². The Morgan fingerprint density at radius 1 is 1.00 bits per heavy atom. The topological polar surface area (TPSA) is 60.7 Å². The number of carbonyl (C=O) groups excluding carboxylic acids is 1. The van der Waals surface area contributed by atoms with Crippen molar-refractivity contribution in [3.63, 3.8) is 0 Å². The van der Waals surface area contributed by atoms with Crippen LogP contribution in [0.1, 0.15) is 34.7 Å². The third-order valence-corrected chi connectivity index (χ3v) is 5.25. The molecule has 0 amide bonds. The van der Waals surface area contributed by atoms with Gasteiger partial charge in [-0.1, -0.05) is 66.7 Å². The van der Waals surface area contributed by atoms with Gasteiger partial charge in [0.25, 0.3) is 5.56 Å². The molecule has 0 spiro atoms. The average Bonchev–Trinajstić information content (AvgIpc) is 2.79. The predicted octanol–water partition coefficient (Wildman–Crippen LogP) is 4.46. The second kappa shape index (κ2) is 9.39. The third-order valence-electron chi connectivity index (χ3n) is 5.25. The highest BCUT2D eigenvalue weighted by molar-refractivity contribution is 5.70. The summed E-state index contributed by atoms with van der Waals surface area (Å²) < 4.78 is 6.99. The van der Waals surface area contributed by atoms with E-state index in [0.29, 0.717) is 11.3 Å². The highest BCUT2D eigenvalue weighted by Gasteiger charge is 2.18. The zero-order chi connectivity index (χ0) is 21.6. The molecule has 4 rings (SSSR count). The molecule has 0 N–H and O–H groups in total. The molecule has 0 fully saturated rings. The van der Waals surface area contributed by atoms with Gasteiger partial charge in [0.1, 0.15) is 12.3 Å². The van der Waals surface area contributed by atoms with Crippen LogP contribution in [0, 0.1) is 6.92 Å². The first-order chi connectivity index (χ1) is 15.1. The van der Waals surface area contributed by atoms with Gasteiger partial charge in [0.05, 0.1) is 12.1 Å². The molecule has 5 nitrogen and oxygen atoms in total. The number of nitrogens with zero attached hydrogens (tertiary/aromatic N) is 2. The number of fused-ring (bicyclic) bond motifs is 1. The van der Waals surface area contributed by atoms with E-state index in [2.05, 4.69) is 17.1 Å². The van der Waals surface area contributed by atoms with Crippen molar-refractivity contribution in [2.24, 2.45) is 0 Å². The summed E-state index contributed by atoms with van der Waals surface area (Å²) >= 11 is 0. The zero-order valence-corrected chi connectivity index (χ0v) is 17.4. The maximum atomic E-state index is 12.7. The number of aryl methyl sites for hydroxylation is 1. The minimum absolute atomic E-state index is 0.00858. The summed E-state index contributed by atoms with van der Waals surface area (Å²) in [7, 11) is 0. The van der Waals surface area contributed by atoms with Gasteiger partial charge in [0.2, 0.25) is 0 Å². The van der Waals surface area contributed by atoms with Gasteiger partial charge in [-0.05, 0) is 42.0 Å². The van der Waals surface area contributed by atoms with Gasteiger partial charge in [-0.25, -0.2) is 4.98 Å². The molecular weight excluding hydrogens is 388 g/mol. The fourth-order valence-electron chi connectivity index (χ4n) is 3.68. The van der Waals surface area contributed by atoms with Gasteiger partial charge in [-0.15, -0.1) is 0 Å². The van der Waals surface area contributed by atoms with Gasteiger partial charge >= 0.3 is 5.97 Å². The molecule has 2 aromatic carbocycles. The van der Waals surface area contributed by atoms with Crippen LogP contribution in [0.3, 0.4) is 0 Å². The second-order valence-electron chi connectivity index (χ2n) is 7.68. The van der Waals surface area contributed by atoms with Crippen molar-refractivity contribution in [1.82, 2.24) is 9.38 Å². The van der Waals surface area contributed by atoms with Crippen LogP contribution in [-0.4, -0.2) is 15.4 Å². The summed E-state index contributed by atoms with van der Waals surface area (Å²) in [5.74, 6) is -0.301. The number of aromatic nitrogens is 2. The Hall–Kier alpha value is -3.73. The first-order valence-corrected chi connectivity index (χ1v) is 10.3. The van der Waals surface area contributed by atoms with E-state index < -0.39 is 0 Å². The summed E-state index contributed by atoms with van der Waals surface area (Å²) in [6.45, 7) is 1.89. The van der Waals surface area contributed by atoms with E-state index in [9.17, 15) is 9.59 Å². The van der Waals surface area contributed by atoms with Crippen LogP contribution in [0.5, 0.6) is 0 Å². The molecule has 4 aromatic rings. The van der Waals surface area contributed by atoms with Crippen LogP contribution in [0.25, 0.3) is 5.65 Å². The van der Waals surface area contributed by atoms with Crippen molar-refractivity contribution >= 4 is 11.6 Å². The smallest absolute Gasteiger partial charge is 0.306 e. The maximum absolute atomic E-state index is 12.7. The normalized spacial score (nSPS) is 11.9. The van der Waals surface area contributed by atoms with E-state index >= 15 is 0 Å². The summed E-state index contributed by atoms with van der Waals surface area (Å²) in [6, 6.07) is 25.2.